The van der Waals surface area contributed by atoms with Gasteiger partial charge >= 0.3 is 0 Å². The SMILES string of the molecule is CN=C(NCCN(C)CCCOC)NCc1ccnn1C. The Balaban J connectivity index is 2.18. The summed E-state index contributed by atoms with van der Waals surface area (Å²) < 4.78 is 6.90. The van der Waals surface area contributed by atoms with E-state index < -0.39 is 0 Å². The molecule has 0 spiro atoms. The largest absolute Gasteiger partial charge is 0.385 e. The van der Waals surface area contributed by atoms with Gasteiger partial charge in [0.05, 0.1) is 12.2 Å². The van der Waals surface area contributed by atoms with Gasteiger partial charge in [-0.15, -0.1) is 0 Å². The summed E-state index contributed by atoms with van der Waals surface area (Å²) in [6, 6.07) is 1.99. The second-order valence-corrected chi connectivity index (χ2v) is 4.95. The van der Waals surface area contributed by atoms with Crippen LogP contribution in [0.4, 0.5) is 0 Å². The van der Waals surface area contributed by atoms with Gasteiger partial charge in [0, 0.05) is 53.6 Å². The van der Waals surface area contributed by atoms with E-state index in [1.54, 1.807) is 20.4 Å². The number of aryl methyl sites for hydroxylation is 1. The highest BCUT2D eigenvalue weighted by molar-refractivity contribution is 5.79. The maximum absolute atomic E-state index is 5.05. The van der Waals surface area contributed by atoms with Crippen LogP contribution in [0.1, 0.15) is 12.1 Å². The van der Waals surface area contributed by atoms with Gasteiger partial charge in [-0.1, -0.05) is 0 Å². The van der Waals surface area contributed by atoms with E-state index in [4.69, 9.17) is 4.74 Å². The Labute approximate surface area is 127 Å². The molecule has 0 amide bonds. The highest BCUT2D eigenvalue weighted by Gasteiger charge is 2.02. The molecule has 2 N–H and O–H groups in total. The average Bonchev–Trinajstić information content (AvgIpc) is 2.88. The van der Waals surface area contributed by atoms with Gasteiger partial charge in [0.25, 0.3) is 0 Å². The third-order valence-electron chi connectivity index (χ3n) is 3.26. The average molecular weight is 296 g/mol. The maximum Gasteiger partial charge on any atom is 0.191 e. The second-order valence-electron chi connectivity index (χ2n) is 4.95. The Hall–Kier alpha value is -1.60. The van der Waals surface area contributed by atoms with Gasteiger partial charge in [0.2, 0.25) is 0 Å². The van der Waals surface area contributed by atoms with Gasteiger partial charge in [-0.2, -0.15) is 5.10 Å². The number of rotatable bonds is 9. The van der Waals surface area contributed by atoms with Crippen molar-refractivity contribution in [3.63, 3.8) is 0 Å². The lowest BCUT2D eigenvalue weighted by Crippen LogP contribution is -2.41. The first kappa shape index (κ1) is 17.5. The van der Waals surface area contributed by atoms with Crippen LogP contribution in [0.15, 0.2) is 17.3 Å². The number of aromatic nitrogens is 2. The summed E-state index contributed by atoms with van der Waals surface area (Å²) in [7, 11) is 7.56. The molecule has 0 saturated heterocycles. The third kappa shape index (κ3) is 7.10. The van der Waals surface area contributed by atoms with Crippen molar-refractivity contribution in [2.75, 3.05) is 47.4 Å². The molecule has 0 radical (unpaired) electrons. The molecule has 7 heteroatoms. The predicted octanol–water partition coefficient (Wildman–Crippen LogP) is 0.0534. The molecule has 7 nitrogen and oxygen atoms in total. The standard InChI is InChI=1S/C14H28N6O/c1-15-14(17-12-13-6-7-18-20(13)3)16-8-10-19(2)9-5-11-21-4/h6-7H,5,8-12H2,1-4H3,(H2,15,16,17). The number of nitrogens with zero attached hydrogens (tertiary/aromatic N) is 4. The summed E-state index contributed by atoms with van der Waals surface area (Å²) in [5, 5.41) is 10.7. The predicted molar refractivity (Wildman–Crippen MR) is 85.4 cm³/mol. The molecule has 0 unspecified atom stereocenters. The van der Waals surface area contributed by atoms with Gasteiger partial charge in [-0.3, -0.25) is 9.67 Å². The van der Waals surface area contributed by atoms with Crippen molar-refractivity contribution >= 4 is 5.96 Å². The zero-order valence-electron chi connectivity index (χ0n) is 13.6. The highest BCUT2D eigenvalue weighted by atomic mass is 16.5. The Morgan fingerprint density at radius 1 is 1.43 bits per heavy atom. The highest BCUT2D eigenvalue weighted by Crippen LogP contribution is 1.94. The number of ether oxygens (including phenoxy) is 1. The first-order chi connectivity index (χ1) is 10.2. The van der Waals surface area contributed by atoms with Crippen molar-refractivity contribution in [3.05, 3.63) is 18.0 Å². The normalized spacial score (nSPS) is 12.0. The molecule has 1 aromatic heterocycles. The number of aliphatic imine (C=N–C) groups is 1. The van der Waals surface area contributed by atoms with E-state index in [0.717, 1.165) is 44.3 Å². The van der Waals surface area contributed by atoms with Gasteiger partial charge < -0.3 is 20.3 Å². The van der Waals surface area contributed by atoms with E-state index in [2.05, 4.69) is 32.7 Å². The van der Waals surface area contributed by atoms with Crippen molar-refractivity contribution < 1.29 is 4.74 Å². The van der Waals surface area contributed by atoms with Crippen molar-refractivity contribution in [1.29, 1.82) is 0 Å². The minimum absolute atomic E-state index is 0.708. The fourth-order valence-corrected chi connectivity index (χ4v) is 1.93. The molecule has 1 aromatic rings. The van der Waals surface area contributed by atoms with Crippen LogP contribution in [0.3, 0.4) is 0 Å². The molecule has 0 bridgehead atoms. The molecule has 21 heavy (non-hydrogen) atoms. The number of hydrogen-bond acceptors (Lipinski definition) is 4. The van der Waals surface area contributed by atoms with Crippen LogP contribution in [0.2, 0.25) is 0 Å². The van der Waals surface area contributed by atoms with Gasteiger partial charge in [-0.05, 0) is 19.5 Å². The van der Waals surface area contributed by atoms with Gasteiger partial charge in [0.15, 0.2) is 5.96 Å². The van der Waals surface area contributed by atoms with Crippen LogP contribution in [-0.2, 0) is 18.3 Å². The van der Waals surface area contributed by atoms with E-state index >= 15 is 0 Å². The lowest BCUT2D eigenvalue weighted by Gasteiger charge is -2.18. The van der Waals surface area contributed by atoms with Crippen molar-refractivity contribution in [2.24, 2.45) is 12.0 Å². The van der Waals surface area contributed by atoms with Crippen molar-refractivity contribution in [2.45, 2.75) is 13.0 Å². The molecule has 1 heterocycles. The van der Waals surface area contributed by atoms with Crippen LogP contribution in [0.25, 0.3) is 0 Å². The quantitative estimate of drug-likeness (QED) is 0.383. The van der Waals surface area contributed by atoms with E-state index in [-0.39, 0.29) is 0 Å². The third-order valence-corrected chi connectivity index (χ3v) is 3.26. The molecule has 0 atom stereocenters. The van der Waals surface area contributed by atoms with Crippen LogP contribution in [-0.4, -0.2) is 68.1 Å². The molecule has 1 rings (SSSR count). The summed E-state index contributed by atoms with van der Waals surface area (Å²) in [6.45, 7) is 4.38. The lowest BCUT2D eigenvalue weighted by atomic mass is 10.4. The maximum atomic E-state index is 5.05. The Kier molecular flexibility index (Phi) is 8.45. The fraction of sp³-hybridized carbons (Fsp3) is 0.714. The number of hydrogen-bond donors (Lipinski definition) is 2. The first-order valence-electron chi connectivity index (χ1n) is 7.26. The monoisotopic (exact) mass is 296 g/mol. The molecular formula is C14H28N6O. The molecule has 0 fully saturated rings. The van der Waals surface area contributed by atoms with E-state index in [9.17, 15) is 0 Å². The van der Waals surface area contributed by atoms with E-state index in [0.29, 0.717) is 6.54 Å². The lowest BCUT2D eigenvalue weighted by molar-refractivity contribution is 0.180. The first-order valence-corrected chi connectivity index (χ1v) is 7.26. The summed E-state index contributed by atoms with van der Waals surface area (Å²) in [6.07, 6.45) is 2.85. The van der Waals surface area contributed by atoms with Crippen LogP contribution in [0, 0.1) is 0 Å². The Morgan fingerprint density at radius 3 is 2.86 bits per heavy atom. The number of nitrogens with one attached hydrogen (secondary N) is 2. The minimum atomic E-state index is 0.708. The number of guanidine groups is 1. The second kappa shape index (κ2) is 10.2. The Morgan fingerprint density at radius 2 is 2.24 bits per heavy atom. The van der Waals surface area contributed by atoms with Crippen molar-refractivity contribution in [1.82, 2.24) is 25.3 Å². The number of likely N-dealkylation sites (N-methyl/N-ethyl adjacent to an activating group) is 1. The van der Waals surface area contributed by atoms with Crippen LogP contribution >= 0.6 is 0 Å². The zero-order chi connectivity index (χ0) is 15.5. The molecule has 0 aliphatic heterocycles. The van der Waals surface area contributed by atoms with Gasteiger partial charge in [0.1, 0.15) is 0 Å². The topological polar surface area (TPSA) is 66.7 Å². The smallest absolute Gasteiger partial charge is 0.191 e. The van der Waals surface area contributed by atoms with Crippen LogP contribution in [0.5, 0.6) is 0 Å². The number of methoxy groups -OCH3 is 1. The zero-order valence-corrected chi connectivity index (χ0v) is 13.6. The molecule has 0 aromatic carbocycles. The van der Waals surface area contributed by atoms with Crippen LogP contribution < -0.4 is 10.6 Å². The molecule has 0 saturated carbocycles. The molecule has 0 aliphatic rings. The van der Waals surface area contributed by atoms with Gasteiger partial charge in [-0.25, -0.2) is 0 Å². The molecular weight excluding hydrogens is 268 g/mol. The summed E-state index contributed by atoms with van der Waals surface area (Å²) in [4.78, 5) is 6.49. The molecule has 0 aliphatic carbocycles. The van der Waals surface area contributed by atoms with E-state index in [1.807, 2.05) is 17.8 Å². The van der Waals surface area contributed by atoms with Crippen molar-refractivity contribution in [3.8, 4) is 0 Å². The Bertz CT molecular complexity index is 417. The summed E-state index contributed by atoms with van der Waals surface area (Å²) in [5.41, 5.74) is 1.12. The summed E-state index contributed by atoms with van der Waals surface area (Å²) >= 11 is 0. The minimum Gasteiger partial charge on any atom is -0.385 e. The van der Waals surface area contributed by atoms with E-state index in [1.165, 1.54) is 0 Å². The summed E-state index contributed by atoms with van der Waals surface area (Å²) in [5.74, 6) is 0.807. The molecule has 120 valence electrons. The fourth-order valence-electron chi connectivity index (χ4n) is 1.93.